The molecule has 0 unspecified atom stereocenters. The summed E-state index contributed by atoms with van der Waals surface area (Å²) in [6, 6.07) is 12.3. The Balaban J connectivity index is 1.76. The van der Waals surface area contributed by atoms with Crippen molar-refractivity contribution in [2.24, 2.45) is 0 Å². The molecule has 0 spiro atoms. The fourth-order valence-electron chi connectivity index (χ4n) is 2.62. The molecule has 2 aromatic carbocycles. The molecule has 6 nitrogen and oxygen atoms in total. The van der Waals surface area contributed by atoms with Crippen LogP contribution in [0.25, 0.3) is 22.1 Å². The maximum absolute atomic E-state index is 12.7. The molecule has 0 radical (unpaired) electrons. The van der Waals surface area contributed by atoms with Gasteiger partial charge in [0.25, 0.3) is 5.56 Å². The van der Waals surface area contributed by atoms with E-state index >= 15 is 0 Å². The third-order valence-corrected chi connectivity index (χ3v) is 5.01. The molecule has 0 N–H and O–H groups in total. The Bertz CT molecular complexity index is 1260. The van der Waals surface area contributed by atoms with Crippen molar-refractivity contribution in [1.82, 2.24) is 9.38 Å². The number of thiazole rings is 1. The number of fused-ring (bicyclic) bond motifs is 3. The monoisotopic (exact) mass is 385 g/mol. The Morgan fingerprint density at radius 1 is 1.31 bits per heavy atom. The van der Waals surface area contributed by atoms with E-state index in [1.807, 2.05) is 24.3 Å². The summed E-state index contributed by atoms with van der Waals surface area (Å²) in [6.07, 6.45) is 1.71. The number of carboxylic acids is 1. The molecule has 0 fully saturated rings. The van der Waals surface area contributed by atoms with Crippen LogP contribution in [0.2, 0.25) is 5.02 Å². The fourth-order valence-corrected chi connectivity index (χ4v) is 3.85. The van der Waals surface area contributed by atoms with Gasteiger partial charge in [0.1, 0.15) is 12.4 Å². The van der Waals surface area contributed by atoms with E-state index < -0.39 is 12.6 Å². The molecule has 0 aliphatic heterocycles. The Morgan fingerprint density at radius 2 is 2.12 bits per heavy atom. The number of carbonyl (C=O) groups is 1. The number of imidazole rings is 1. The Labute approximate surface area is 155 Å². The third kappa shape index (κ3) is 2.91. The summed E-state index contributed by atoms with van der Waals surface area (Å²) in [6.45, 7) is -0.581. The number of para-hydroxylation sites is 2. The highest BCUT2D eigenvalue weighted by atomic mass is 35.5. The predicted molar refractivity (Wildman–Crippen MR) is 97.6 cm³/mol. The normalized spacial score (nSPS) is 12.1. The molecule has 2 heterocycles. The van der Waals surface area contributed by atoms with E-state index in [2.05, 4.69) is 4.98 Å². The van der Waals surface area contributed by atoms with Gasteiger partial charge in [0.15, 0.2) is 4.96 Å². The summed E-state index contributed by atoms with van der Waals surface area (Å²) in [5.41, 5.74) is 2.10. The lowest BCUT2D eigenvalue weighted by Crippen LogP contribution is -2.29. The molecular weight excluding hydrogens is 376 g/mol. The third-order valence-electron chi connectivity index (χ3n) is 3.74. The van der Waals surface area contributed by atoms with Gasteiger partial charge in [-0.15, -0.1) is 0 Å². The summed E-state index contributed by atoms with van der Waals surface area (Å²) in [5.74, 6) is -1.09. The molecule has 26 heavy (non-hydrogen) atoms. The number of hydrogen-bond acceptors (Lipinski definition) is 6. The molecule has 8 heteroatoms. The van der Waals surface area contributed by atoms with Crippen LogP contribution in [0.4, 0.5) is 0 Å². The van der Waals surface area contributed by atoms with Crippen molar-refractivity contribution >= 4 is 51.0 Å². The second-order valence-corrected chi connectivity index (χ2v) is 6.90. The van der Waals surface area contributed by atoms with E-state index in [4.69, 9.17) is 16.3 Å². The molecular formula is C18H10ClN2O4S-. The number of carbonyl (C=O) groups excluding carboxylic acids is 1. The van der Waals surface area contributed by atoms with Crippen LogP contribution >= 0.6 is 22.9 Å². The van der Waals surface area contributed by atoms with Gasteiger partial charge < -0.3 is 14.6 Å². The predicted octanol–water partition coefficient (Wildman–Crippen LogP) is 1.24. The number of rotatable bonds is 4. The van der Waals surface area contributed by atoms with Gasteiger partial charge in [-0.25, -0.2) is 9.38 Å². The maximum Gasteiger partial charge on any atom is 0.274 e. The second kappa shape index (κ2) is 6.44. The van der Waals surface area contributed by atoms with Crippen LogP contribution in [0.1, 0.15) is 5.56 Å². The van der Waals surface area contributed by atoms with Crippen molar-refractivity contribution in [3.05, 3.63) is 67.9 Å². The van der Waals surface area contributed by atoms with E-state index in [0.717, 1.165) is 11.0 Å². The first-order valence-electron chi connectivity index (χ1n) is 7.57. The number of benzene rings is 2. The minimum atomic E-state index is -1.33. The molecule has 0 saturated heterocycles. The van der Waals surface area contributed by atoms with E-state index in [0.29, 0.717) is 15.1 Å². The number of hydrogen-bond donors (Lipinski definition) is 0. The molecule has 0 atom stereocenters. The van der Waals surface area contributed by atoms with Gasteiger partial charge >= 0.3 is 0 Å². The first kappa shape index (κ1) is 16.6. The van der Waals surface area contributed by atoms with Crippen LogP contribution in [-0.2, 0) is 4.79 Å². The molecule has 130 valence electrons. The largest absolute Gasteiger partial charge is 0.546 e. The van der Waals surface area contributed by atoms with Crippen molar-refractivity contribution in [1.29, 1.82) is 0 Å². The summed E-state index contributed by atoms with van der Waals surface area (Å²) < 4.78 is 7.14. The van der Waals surface area contributed by atoms with Crippen molar-refractivity contribution in [3.8, 4) is 5.75 Å². The fraction of sp³-hybridized carbons (Fsp3) is 0.0556. The van der Waals surface area contributed by atoms with Crippen LogP contribution in [0, 0.1) is 0 Å². The Kier molecular flexibility index (Phi) is 4.10. The van der Waals surface area contributed by atoms with Gasteiger partial charge in [0, 0.05) is 0 Å². The lowest BCUT2D eigenvalue weighted by atomic mass is 10.2. The quantitative estimate of drug-likeness (QED) is 0.527. The van der Waals surface area contributed by atoms with Crippen LogP contribution < -0.4 is 19.9 Å². The van der Waals surface area contributed by atoms with Crippen molar-refractivity contribution in [2.45, 2.75) is 0 Å². The van der Waals surface area contributed by atoms with Gasteiger partial charge in [0.05, 0.1) is 26.6 Å². The van der Waals surface area contributed by atoms with E-state index in [1.165, 1.54) is 11.3 Å². The van der Waals surface area contributed by atoms with Gasteiger partial charge in [-0.2, -0.15) is 0 Å². The zero-order chi connectivity index (χ0) is 18.3. The summed E-state index contributed by atoms with van der Waals surface area (Å²) >= 11 is 7.40. The summed E-state index contributed by atoms with van der Waals surface area (Å²) in [5, 5.41) is 10.7. The Hall–Kier alpha value is -2.90. The number of aliphatic carboxylic acids is 1. The van der Waals surface area contributed by atoms with Crippen molar-refractivity contribution < 1.29 is 14.6 Å². The van der Waals surface area contributed by atoms with E-state index in [1.54, 1.807) is 28.7 Å². The summed E-state index contributed by atoms with van der Waals surface area (Å²) in [7, 11) is 0. The average Bonchev–Trinajstić information content (AvgIpc) is 3.11. The molecule has 0 saturated carbocycles. The lowest BCUT2D eigenvalue weighted by Gasteiger charge is -2.08. The highest BCUT2D eigenvalue weighted by molar-refractivity contribution is 7.15. The highest BCUT2D eigenvalue weighted by Gasteiger charge is 2.10. The molecule has 4 rings (SSSR count). The first-order chi connectivity index (χ1) is 12.5. The molecule has 2 aromatic heterocycles. The van der Waals surface area contributed by atoms with Gasteiger partial charge in [-0.05, 0) is 35.9 Å². The SMILES string of the molecule is O=C([O-])COc1ccc(/C=c2\sc3nc4ccccc4n3c2=O)cc1Cl. The van der Waals surface area contributed by atoms with Gasteiger partial charge in [-0.1, -0.05) is 41.1 Å². The molecule has 0 bridgehead atoms. The van der Waals surface area contributed by atoms with Crippen LogP contribution in [-0.4, -0.2) is 22.0 Å². The minimum absolute atomic E-state index is 0.146. The van der Waals surface area contributed by atoms with Crippen LogP contribution in [0.5, 0.6) is 5.75 Å². The molecule has 4 aromatic rings. The Morgan fingerprint density at radius 3 is 2.88 bits per heavy atom. The minimum Gasteiger partial charge on any atom is -0.546 e. The number of nitrogens with zero attached hydrogens (tertiary/aromatic N) is 2. The van der Waals surface area contributed by atoms with Gasteiger partial charge in [-0.3, -0.25) is 4.79 Å². The summed E-state index contributed by atoms with van der Waals surface area (Å²) in [4.78, 5) is 28.3. The van der Waals surface area contributed by atoms with E-state index in [9.17, 15) is 14.7 Å². The second-order valence-electron chi connectivity index (χ2n) is 5.48. The number of halogens is 1. The number of ether oxygens (including phenoxy) is 1. The zero-order valence-electron chi connectivity index (χ0n) is 13.1. The van der Waals surface area contributed by atoms with Crippen molar-refractivity contribution in [3.63, 3.8) is 0 Å². The topological polar surface area (TPSA) is 83.7 Å². The standard InChI is InChI=1S/C18H11ClN2O4S/c19-11-7-10(5-6-14(11)25-9-16(22)23)8-15-17(24)21-13-4-2-1-3-12(13)20-18(21)26-15/h1-8H,9H2,(H,22,23)/p-1/b15-8-. The van der Waals surface area contributed by atoms with E-state index in [-0.39, 0.29) is 16.3 Å². The molecule has 0 aliphatic carbocycles. The number of carboxylic acid groups (broad SMARTS) is 1. The highest BCUT2D eigenvalue weighted by Crippen LogP contribution is 2.25. The van der Waals surface area contributed by atoms with Crippen molar-refractivity contribution in [2.75, 3.05) is 6.61 Å². The lowest BCUT2D eigenvalue weighted by molar-refractivity contribution is -0.307. The molecule has 0 amide bonds. The molecule has 0 aliphatic rings. The average molecular weight is 386 g/mol. The van der Waals surface area contributed by atoms with Gasteiger partial charge in [0.2, 0.25) is 0 Å². The van der Waals surface area contributed by atoms with Crippen LogP contribution in [0.3, 0.4) is 0 Å². The first-order valence-corrected chi connectivity index (χ1v) is 8.76. The maximum atomic E-state index is 12.7. The zero-order valence-corrected chi connectivity index (χ0v) is 14.7. The smallest absolute Gasteiger partial charge is 0.274 e. The number of aromatic nitrogens is 2. The van der Waals surface area contributed by atoms with Crippen LogP contribution in [0.15, 0.2) is 47.3 Å².